The van der Waals surface area contributed by atoms with Crippen LogP contribution in [0.5, 0.6) is 17.2 Å². The fraction of sp³-hybridized carbons (Fsp3) is 0.350. The van der Waals surface area contributed by atoms with E-state index in [-0.39, 0.29) is 5.91 Å². The van der Waals surface area contributed by atoms with Gasteiger partial charge in [-0.2, -0.15) is 0 Å². The molecule has 0 aliphatic heterocycles. The molecule has 2 aromatic rings. The molecule has 5 heteroatoms. The van der Waals surface area contributed by atoms with Crippen molar-refractivity contribution in [2.24, 2.45) is 0 Å². The van der Waals surface area contributed by atoms with Gasteiger partial charge in [0.2, 0.25) is 0 Å². The summed E-state index contributed by atoms with van der Waals surface area (Å²) in [6, 6.07) is 13.1. The lowest BCUT2D eigenvalue weighted by atomic mass is 10.1. The monoisotopic (exact) mass is 343 g/mol. The summed E-state index contributed by atoms with van der Waals surface area (Å²) in [5.41, 5.74) is 1.82. The van der Waals surface area contributed by atoms with Crippen LogP contribution in [-0.2, 0) is 6.42 Å². The highest BCUT2D eigenvalue weighted by Crippen LogP contribution is 2.27. The van der Waals surface area contributed by atoms with Gasteiger partial charge >= 0.3 is 0 Å². The summed E-state index contributed by atoms with van der Waals surface area (Å²) in [5.74, 6) is 1.75. The SMILES string of the molecule is CCCc1ccc(OCCNC(=O)c2ccc(OC)c(OC)c2)cc1. The zero-order valence-corrected chi connectivity index (χ0v) is 15.0. The molecule has 134 valence electrons. The predicted molar refractivity (Wildman–Crippen MR) is 97.8 cm³/mol. The smallest absolute Gasteiger partial charge is 0.251 e. The van der Waals surface area contributed by atoms with E-state index in [0.717, 1.165) is 18.6 Å². The molecule has 0 aliphatic carbocycles. The summed E-state index contributed by atoms with van der Waals surface area (Å²) in [7, 11) is 3.10. The Balaban J connectivity index is 1.80. The number of rotatable bonds is 9. The van der Waals surface area contributed by atoms with E-state index in [4.69, 9.17) is 14.2 Å². The van der Waals surface area contributed by atoms with Gasteiger partial charge in [0.05, 0.1) is 20.8 Å². The zero-order valence-electron chi connectivity index (χ0n) is 15.0. The first-order valence-electron chi connectivity index (χ1n) is 8.40. The van der Waals surface area contributed by atoms with Crippen LogP contribution in [0.3, 0.4) is 0 Å². The first-order chi connectivity index (χ1) is 12.2. The maximum Gasteiger partial charge on any atom is 0.251 e. The number of amides is 1. The molecule has 0 aliphatic rings. The summed E-state index contributed by atoms with van der Waals surface area (Å²) in [6.07, 6.45) is 2.20. The zero-order chi connectivity index (χ0) is 18.1. The highest BCUT2D eigenvalue weighted by atomic mass is 16.5. The third kappa shape index (κ3) is 5.41. The van der Waals surface area contributed by atoms with Crippen LogP contribution < -0.4 is 19.5 Å². The number of benzene rings is 2. The molecule has 0 spiro atoms. The van der Waals surface area contributed by atoms with E-state index in [0.29, 0.717) is 30.2 Å². The standard InChI is InChI=1S/C20H25NO4/c1-4-5-15-6-9-17(10-7-15)25-13-12-21-20(22)16-8-11-18(23-2)19(14-16)24-3/h6-11,14H,4-5,12-13H2,1-3H3,(H,21,22). The number of hydrogen-bond donors (Lipinski definition) is 1. The van der Waals surface area contributed by atoms with Crippen LogP contribution in [0.25, 0.3) is 0 Å². The Morgan fingerprint density at radius 2 is 1.72 bits per heavy atom. The third-order valence-corrected chi connectivity index (χ3v) is 3.76. The average Bonchev–Trinajstić information content (AvgIpc) is 2.66. The van der Waals surface area contributed by atoms with Gasteiger partial charge < -0.3 is 19.5 Å². The van der Waals surface area contributed by atoms with E-state index >= 15 is 0 Å². The highest BCUT2D eigenvalue weighted by molar-refractivity contribution is 5.94. The number of carbonyl (C=O) groups is 1. The molecule has 1 amide bonds. The average molecular weight is 343 g/mol. The van der Waals surface area contributed by atoms with Crippen molar-refractivity contribution in [2.75, 3.05) is 27.4 Å². The second kappa shape index (κ2) is 9.57. The lowest BCUT2D eigenvalue weighted by molar-refractivity contribution is 0.0946. The van der Waals surface area contributed by atoms with E-state index in [1.807, 2.05) is 12.1 Å². The van der Waals surface area contributed by atoms with Crippen LogP contribution in [-0.4, -0.2) is 33.3 Å². The van der Waals surface area contributed by atoms with E-state index < -0.39 is 0 Å². The van der Waals surface area contributed by atoms with Crippen LogP contribution in [0, 0.1) is 0 Å². The highest BCUT2D eigenvalue weighted by Gasteiger charge is 2.10. The molecular weight excluding hydrogens is 318 g/mol. The molecule has 0 heterocycles. The van der Waals surface area contributed by atoms with Gasteiger partial charge in [-0.05, 0) is 42.3 Å². The number of methoxy groups -OCH3 is 2. The number of carbonyl (C=O) groups excluding carboxylic acids is 1. The lowest BCUT2D eigenvalue weighted by Gasteiger charge is -2.11. The number of aryl methyl sites for hydroxylation is 1. The van der Waals surface area contributed by atoms with Crippen molar-refractivity contribution in [1.82, 2.24) is 5.32 Å². The van der Waals surface area contributed by atoms with E-state index in [1.165, 1.54) is 5.56 Å². The van der Waals surface area contributed by atoms with Crippen molar-refractivity contribution in [3.8, 4) is 17.2 Å². The Labute approximate surface area is 148 Å². The molecule has 25 heavy (non-hydrogen) atoms. The Kier molecular flexibility index (Phi) is 7.14. The Morgan fingerprint density at radius 3 is 2.36 bits per heavy atom. The van der Waals surface area contributed by atoms with Crippen molar-refractivity contribution in [2.45, 2.75) is 19.8 Å². The van der Waals surface area contributed by atoms with Crippen molar-refractivity contribution in [3.63, 3.8) is 0 Å². The summed E-state index contributed by atoms with van der Waals surface area (Å²) in [6.45, 7) is 2.99. The van der Waals surface area contributed by atoms with E-state index in [2.05, 4.69) is 24.4 Å². The molecule has 0 saturated carbocycles. The molecule has 1 N–H and O–H groups in total. The second-order valence-corrected chi connectivity index (χ2v) is 5.57. The third-order valence-electron chi connectivity index (χ3n) is 3.76. The van der Waals surface area contributed by atoms with Crippen LogP contribution in [0.2, 0.25) is 0 Å². The first-order valence-corrected chi connectivity index (χ1v) is 8.40. The molecule has 2 rings (SSSR count). The number of nitrogens with one attached hydrogen (secondary N) is 1. The number of ether oxygens (including phenoxy) is 3. The Hall–Kier alpha value is -2.69. The van der Waals surface area contributed by atoms with Gasteiger partial charge in [0.15, 0.2) is 11.5 Å². The minimum absolute atomic E-state index is 0.178. The van der Waals surface area contributed by atoms with E-state index in [9.17, 15) is 4.79 Å². The van der Waals surface area contributed by atoms with Crippen molar-refractivity contribution >= 4 is 5.91 Å². The maximum atomic E-state index is 12.2. The molecule has 5 nitrogen and oxygen atoms in total. The van der Waals surface area contributed by atoms with E-state index in [1.54, 1.807) is 32.4 Å². The van der Waals surface area contributed by atoms with Crippen LogP contribution in [0.1, 0.15) is 29.3 Å². The molecule has 0 saturated heterocycles. The number of hydrogen-bond acceptors (Lipinski definition) is 4. The summed E-state index contributed by atoms with van der Waals surface area (Å²) in [4.78, 5) is 12.2. The van der Waals surface area contributed by atoms with Crippen molar-refractivity contribution in [3.05, 3.63) is 53.6 Å². The predicted octanol–water partition coefficient (Wildman–Crippen LogP) is 3.47. The molecule has 0 atom stereocenters. The van der Waals surface area contributed by atoms with Crippen molar-refractivity contribution < 1.29 is 19.0 Å². The fourth-order valence-corrected chi connectivity index (χ4v) is 2.45. The topological polar surface area (TPSA) is 56.8 Å². The molecule has 0 radical (unpaired) electrons. The first kappa shape index (κ1) is 18.6. The lowest BCUT2D eigenvalue weighted by Crippen LogP contribution is -2.28. The Bertz CT molecular complexity index is 683. The van der Waals surface area contributed by atoms with Gasteiger partial charge in [0.1, 0.15) is 12.4 Å². The van der Waals surface area contributed by atoms with Gasteiger partial charge in [0, 0.05) is 5.56 Å². The molecule has 0 aromatic heterocycles. The van der Waals surface area contributed by atoms with Gasteiger partial charge in [-0.3, -0.25) is 4.79 Å². The quantitative estimate of drug-likeness (QED) is 0.709. The summed E-state index contributed by atoms with van der Waals surface area (Å²) >= 11 is 0. The minimum atomic E-state index is -0.178. The summed E-state index contributed by atoms with van der Waals surface area (Å²) in [5, 5.41) is 2.83. The van der Waals surface area contributed by atoms with Gasteiger partial charge in [0.25, 0.3) is 5.91 Å². The van der Waals surface area contributed by atoms with Crippen LogP contribution in [0.15, 0.2) is 42.5 Å². The van der Waals surface area contributed by atoms with Crippen LogP contribution in [0.4, 0.5) is 0 Å². The molecule has 2 aromatic carbocycles. The van der Waals surface area contributed by atoms with Gasteiger partial charge in [-0.25, -0.2) is 0 Å². The van der Waals surface area contributed by atoms with Gasteiger partial charge in [-0.15, -0.1) is 0 Å². The second-order valence-electron chi connectivity index (χ2n) is 5.57. The minimum Gasteiger partial charge on any atom is -0.493 e. The summed E-state index contributed by atoms with van der Waals surface area (Å²) < 4.78 is 16.0. The van der Waals surface area contributed by atoms with Gasteiger partial charge in [-0.1, -0.05) is 25.5 Å². The molecule has 0 unspecified atom stereocenters. The normalized spacial score (nSPS) is 10.2. The fourth-order valence-electron chi connectivity index (χ4n) is 2.45. The Morgan fingerprint density at radius 1 is 1.00 bits per heavy atom. The van der Waals surface area contributed by atoms with Crippen molar-refractivity contribution in [1.29, 1.82) is 0 Å². The van der Waals surface area contributed by atoms with Crippen LogP contribution >= 0.6 is 0 Å². The largest absolute Gasteiger partial charge is 0.493 e. The molecular formula is C20H25NO4. The maximum absolute atomic E-state index is 12.2. The molecule has 0 bridgehead atoms. The molecule has 0 fully saturated rings.